The lowest BCUT2D eigenvalue weighted by Crippen LogP contribution is -2.07. The molecule has 0 amide bonds. The van der Waals surface area contributed by atoms with Crippen LogP contribution < -0.4 is 5.32 Å². The molecule has 152 valence electrons. The Kier molecular flexibility index (Phi) is 5.11. The van der Waals surface area contributed by atoms with E-state index in [1.54, 1.807) is 16.6 Å². The second-order valence-corrected chi connectivity index (χ2v) is 7.56. The van der Waals surface area contributed by atoms with Crippen LogP contribution in [0, 0.1) is 5.82 Å². The van der Waals surface area contributed by atoms with Gasteiger partial charge in [0.1, 0.15) is 5.82 Å². The van der Waals surface area contributed by atoms with E-state index < -0.39 is 0 Å². The van der Waals surface area contributed by atoms with Crippen molar-refractivity contribution in [2.45, 2.75) is 38.4 Å². The van der Waals surface area contributed by atoms with E-state index in [-0.39, 0.29) is 5.82 Å². The van der Waals surface area contributed by atoms with E-state index in [1.807, 2.05) is 24.3 Å². The molecule has 2 aromatic heterocycles. The first kappa shape index (κ1) is 18.7. The smallest absolute Gasteiger partial charge is 0.185 e. The summed E-state index contributed by atoms with van der Waals surface area (Å²) in [5, 5.41) is 16.3. The minimum Gasteiger partial charge on any atom is -0.374 e. The lowest BCUT2D eigenvalue weighted by atomic mass is 10.2. The van der Waals surface area contributed by atoms with Gasteiger partial charge in [0, 0.05) is 11.3 Å². The van der Waals surface area contributed by atoms with Crippen LogP contribution in [0.25, 0.3) is 17.0 Å². The van der Waals surface area contributed by atoms with Crippen molar-refractivity contribution in [2.24, 2.45) is 0 Å². The maximum atomic E-state index is 13.2. The SMILES string of the molecule is Fc1ccc(-c2nnc3ccc(Nc4ccc(COC5CCCC5)cc4)nn23)cc1. The normalized spacial score (nSPS) is 14.4. The summed E-state index contributed by atoms with van der Waals surface area (Å²) in [4.78, 5) is 0. The third-order valence-corrected chi connectivity index (χ3v) is 5.38. The summed E-state index contributed by atoms with van der Waals surface area (Å²) >= 11 is 0. The fourth-order valence-electron chi connectivity index (χ4n) is 3.74. The highest BCUT2D eigenvalue weighted by molar-refractivity contribution is 5.61. The number of nitrogens with zero attached hydrogens (tertiary/aromatic N) is 4. The molecule has 1 aliphatic carbocycles. The fraction of sp³-hybridized carbons (Fsp3) is 0.261. The van der Waals surface area contributed by atoms with Crippen molar-refractivity contribution >= 4 is 17.2 Å². The van der Waals surface area contributed by atoms with Gasteiger partial charge in [-0.25, -0.2) is 4.39 Å². The van der Waals surface area contributed by atoms with Crippen LogP contribution in [-0.2, 0) is 11.3 Å². The average molecular weight is 403 g/mol. The second kappa shape index (κ2) is 8.20. The lowest BCUT2D eigenvalue weighted by Gasteiger charge is -2.11. The van der Waals surface area contributed by atoms with Crippen LogP contribution in [0.3, 0.4) is 0 Å². The van der Waals surface area contributed by atoms with E-state index in [4.69, 9.17) is 4.74 Å². The van der Waals surface area contributed by atoms with Crippen molar-refractivity contribution < 1.29 is 9.13 Å². The van der Waals surface area contributed by atoms with Crippen molar-refractivity contribution in [3.05, 3.63) is 72.0 Å². The van der Waals surface area contributed by atoms with E-state index in [2.05, 4.69) is 32.7 Å². The number of ether oxygens (including phenoxy) is 1. The highest BCUT2D eigenvalue weighted by atomic mass is 19.1. The zero-order chi connectivity index (χ0) is 20.3. The monoisotopic (exact) mass is 403 g/mol. The summed E-state index contributed by atoms with van der Waals surface area (Å²) in [7, 11) is 0. The Hall–Kier alpha value is -3.32. The van der Waals surface area contributed by atoms with Crippen LogP contribution >= 0.6 is 0 Å². The molecule has 5 rings (SSSR count). The highest BCUT2D eigenvalue weighted by Gasteiger charge is 2.15. The molecule has 7 heteroatoms. The zero-order valence-corrected chi connectivity index (χ0v) is 16.5. The average Bonchev–Trinajstić information content (AvgIpc) is 3.44. The molecule has 0 saturated heterocycles. The van der Waals surface area contributed by atoms with Crippen molar-refractivity contribution in [2.75, 3.05) is 5.32 Å². The Morgan fingerprint density at radius 2 is 1.70 bits per heavy atom. The summed E-state index contributed by atoms with van der Waals surface area (Å²) in [5.74, 6) is 0.939. The molecule has 0 atom stereocenters. The van der Waals surface area contributed by atoms with Gasteiger partial charge >= 0.3 is 0 Å². The molecule has 0 unspecified atom stereocenters. The minimum absolute atomic E-state index is 0.292. The molecule has 2 heterocycles. The van der Waals surface area contributed by atoms with Gasteiger partial charge < -0.3 is 10.1 Å². The Morgan fingerprint density at radius 3 is 2.47 bits per heavy atom. The van der Waals surface area contributed by atoms with Gasteiger partial charge in [0.05, 0.1) is 12.7 Å². The van der Waals surface area contributed by atoms with Crippen LogP contribution in [0.15, 0.2) is 60.7 Å². The predicted molar refractivity (Wildman–Crippen MR) is 113 cm³/mol. The molecular formula is C23H22FN5O. The molecule has 30 heavy (non-hydrogen) atoms. The van der Waals surface area contributed by atoms with Gasteiger partial charge in [-0.05, 0) is 66.9 Å². The number of aromatic nitrogens is 4. The van der Waals surface area contributed by atoms with E-state index >= 15 is 0 Å². The third kappa shape index (κ3) is 4.02. The van der Waals surface area contributed by atoms with Gasteiger partial charge in [-0.15, -0.1) is 15.3 Å². The van der Waals surface area contributed by atoms with Gasteiger partial charge in [0.25, 0.3) is 0 Å². The molecule has 1 aliphatic rings. The van der Waals surface area contributed by atoms with Crippen molar-refractivity contribution in [1.29, 1.82) is 0 Å². The molecule has 1 N–H and O–H groups in total. The molecule has 0 radical (unpaired) electrons. The summed E-state index contributed by atoms with van der Waals surface area (Å²) in [6.07, 6.45) is 5.33. The largest absolute Gasteiger partial charge is 0.374 e. The first-order valence-electron chi connectivity index (χ1n) is 10.2. The van der Waals surface area contributed by atoms with Gasteiger partial charge in [-0.1, -0.05) is 25.0 Å². The number of hydrogen-bond donors (Lipinski definition) is 1. The number of anilines is 2. The molecule has 1 saturated carbocycles. The van der Waals surface area contributed by atoms with Crippen LogP contribution in [0.4, 0.5) is 15.9 Å². The van der Waals surface area contributed by atoms with Crippen LogP contribution in [-0.4, -0.2) is 25.9 Å². The van der Waals surface area contributed by atoms with Gasteiger partial charge in [-0.3, -0.25) is 0 Å². The van der Waals surface area contributed by atoms with E-state index in [0.717, 1.165) is 16.8 Å². The summed E-state index contributed by atoms with van der Waals surface area (Å²) in [6, 6.07) is 18.0. The number of hydrogen-bond acceptors (Lipinski definition) is 5. The Labute approximate surface area is 173 Å². The summed E-state index contributed by atoms with van der Waals surface area (Å²) < 4.78 is 20.9. The number of fused-ring (bicyclic) bond motifs is 1. The first-order valence-corrected chi connectivity index (χ1v) is 10.2. The molecule has 0 bridgehead atoms. The second-order valence-electron chi connectivity index (χ2n) is 7.56. The molecule has 6 nitrogen and oxygen atoms in total. The first-order chi connectivity index (χ1) is 14.7. The Morgan fingerprint density at radius 1 is 0.933 bits per heavy atom. The zero-order valence-electron chi connectivity index (χ0n) is 16.5. The van der Waals surface area contributed by atoms with Crippen LogP contribution in [0.1, 0.15) is 31.2 Å². The van der Waals surface area contributed by atoms with Crippen molar-refractivity contribution in [3.8, 4) is 11.4 Å². The number of benzene rings is 2. The van der Waals surface area contributed by atoms with Crippen molar-refractivity contribution in [3.63, 3.8) is 0 Å². The fourth-order valence-corrected chi connectivity index (χ4v) is 3.74. The number of halogens is 1. The summed E-state index contributed by atoms with van der Waals surface area (Å²) in [5.41, 5.74) is 3.47. The molecule has 4 aromatic rings. The summed E-state index contributed by atoms with van der Waals surface area (Å²) in [6.45, 7) is 0.650. The standard InChI is InChI=1S/C23H22FN5O/c24-18-9-7-17(8-10-18)23-27-26-22-14-13-21(28-29(22)23)25-19-11-5-16(6-12-19)15-30-20-3-1-2-4-20/h5-14,20H,1-4,15H2,(H,25,28). The minimum atomic E-state index is -0.292. The quantitative estimate of drug-likeness (QED) is 0.483. The van der Waals surface area contributed by atoms with Gasteiger partial charge in [-0.2, -0.15) is 4.52 Å². The lowest BCUT2D eigenvalue weighted by molar-refractivity contribution is 0.0457. The molecule has 0 spiro atoms. The van der Waals surface area contributed by atoms with Gasteiger partial charge in [0.2, 0.25) is 0 Å². The highest BCUT2D eigenvalue weighted by Crippen LogP contribution is 2.23. The van der Waals surface area contributed by atoms with E-state index in [1.165, 1.54) is 37.8 Å². The van der Waals surface area contributed by atoms with Crippen molar-refractivity contribution in [1.82, 2.24) is 19.8 Å². The number of rotatable bonds is 6. The third-order valence-electron chi connectivity index (χ3n) is 5.38. The molecule has 1 fully saturated rings. The maximum Gasteiger partial charge on any atom is 0.185 e. The molecule has 2 aromatic carbocycles. The van der Waals surface area contributed by atoms with Crippen LogP contribution in [0.5, 0.6) is 0 Å². The number of nitrogens with one attached hydrogen (secondary N) is 1. The van der Waals surface area contributed by atoms with E-state index in [9.17, 15) is 4.39 Å². The predicted octanol–water partition coefficient (Wildman–Crippen LogP) is 5.13. The van der Waals surface area contributed by atoms with Crippen LogP contribution in [0.2, 0.25) is 0 Å². The van der Waals surface area contributed by atoms with Gasteiger partial charge in [0.15, 0.2) is 17.3 Å². The molecule has 0 aliphatic heterocycles. The Bertz CT molecular complexity index is 1130. The Balaban J connectivity index is 1.31. The van der Waals surface area contributed by atoms with E-state index in [0.29, 0.717) is 30.0 Å². The maximum absolute atomic E-state index is 13.2. The topological polar surface area (TPSA) is 64.3 Å². The molecular weight excluding hydrogens is 381 g/mol.